The van der Waals surface area contributed by atoms with E-state index in [-0.39, 0.29) is 0 Å². The van der Waals surface area contributed by atoms with Crippen LogP contribution in [0, 0.1) is 6.92 Å². The number of anilines is 2. The van der Waals surface area contributed by atoms with Gasteiger partial charge in [-0.3, -0.25) is 0 Å². The molecule has 0 bridgehead atoms. The first-order valence-corrected chi connectivity index (χ1v) is 7.13. The molecule has 106 valence electrons. The number of aryl methyl sites for hydroxylation is 1. The van der Waals surface area contributed by atoms with Crippen LogP contribution >= 0.6 is 0 Å². The van der Waals surface area contributed by atoms with Crippen LogP contribution in [0.25, 0.3) is 0 Å². The molecule has 0 aliphatic heterocycles. The van der Waals surface area contributed by atoms with Crippen molar-refractivity contribution in [1.82, 2.24) is 0 Å². The van der Waals surface area contributed by atoms with Crippen LogP contribution in [-0.4, -0.2) is 7.05 Å². The van der Waals surface area contributed by atoms with Gasteiger partial charge in [0.15, 0.2) is 0 Å². The van der Waals surface area contributed by atoms with Crippen LogP contribution in [0.2, 0.25) is 0 Å². The Balaban J connectivity index is 2.24. The van der Waals surface area contributed by atoms with E-state index in [4.69, 9.17) is 5.73 Å². The summed E-state index contributed by atoms with van der Waals surface area (Å²) < 4.78 is 0. The topological polar surface area (TPSA) is 29.3 Å². The van der Waals surface area contributed by atoms with Gasteiger partial charge in [0.05, 0.1) is 0 Å². The van der Waals surface area contributed by atoms with E-state index in [0.717, 1.165) is 12.2 Å². The Morgan fingerprint density at radius 1 is 1.10 bits per heavy atom. The molecule has 0 atom stereocenters. The smallest absolute Gasteiger partial charge is 0.0427 e. The molecule has 20 heavy (non-hydrogen) atoms. The highest BCUT2D eigenvalue weighted by atomic mass is 15.1. The number of nitrogens with two attached hydrogens (primary N) is 1. The molecule has 2 nitrogen and oxygen atoms in total. The lowest BCUT2D eigenvalue weighted by molar-refractivity contribution is 0.857. The average Bonchev–Trinajstić information content (AvgIpc) is 2.38. The van der Waals surface area contributed by atoms with E-state index >= 15 is 0 Å². The number of benzene rings is 2. The quantitative estimate of drug-likeness (QED) is 0.836. The highest BCUT2D eigenvalue weighted by Crippen LogP contribution is 2.26. The zero-order chi connectivity index (χ0) is 14.7. The summed E-state index contributed by atoms with van der Waals surface area (Å²) in [6.07, 6.45) is 0. The van der Waals surface area contributed by atoms with Crippen molar-refractivity contribution in [2.75, 3.05) is 17.7 Å². The third kappa shape index (κ3) is 3.32. The van der Waals surface area contributed by atoms with E-state index in [1.54, 1.807) is 0 Å². The van der Waals surface area contributed by atoms with E-state index in [1.807, 2.05) is 18.2 Å². The molecule has 2 N–H and O–H groups in total. The summed E-state index contributed by atoms with van der Waals surface area (Å²) in [5, 5.41) is 0. The van der Waals surface area contributed by atoms with Crippen molar-refractivity contribution in [2.24, 2.45) is 0 Å². The molecule has 0 amide bonds. The Labute approximate surface area is 122 Å². The Morgan fingerprint density at radius 3 is 2.50 bits per heavy atom. The fraction of sp³-hybridized carbons (Fsp3) is 0.333. The second-order valence-corrected chi connectivity index (χ2v) is 5.80. The van der Waals surface area contributed by atoms with Crippen molar-refractivity contribution in [2.45, 2.75) is 33.2 Å². The predicted octanol–water partition coefficient (Wildman–Crippen LogP) is 4.34. The first-order chi connectivity index (χ1) is 9.47. The molecule has 0 spiro atoms. The average molecular weight is 268 g/mol. The number of hydrogen-bond donors (Lipinski definition) is 1. The molecule has 0 heterocycles. The lowest BCUT2D eigenvalue weighted by atomic mass is 10.00. The summed E-state index contributed by atoms with van der Waals surface area (Å²) in [5.74, 6) is 0.551. The van der Waals surface area contributed by atoms with Crippen LogP contribution in [0.15, 0.2) is 42.5 Å². The van der Waals surface area contributed by atoms with Gasteiger partial charge in [-0.1, -0.05) is 38.1 Å². The van der Waals surface area contributed by atoms with Crippen molar-refractivity contribution >= 4 is 11.4 Å². The van der Waals surface area contributed by atoms with Crippen LogP contribution in [0.5, 0.6) is 0 Å². The number of rotatable bonds is 4. The Kier molecular flexibility index (Phi) is 4.33. The molecule has 0 saturated heterocycles. The normalized spacial score (nSPS) is 10.8. The molecule has 2 rings (SSSR count). The number of nitrogen functional groups attached to an aromatic ring is 1. The molecule has 0 fully saturated rings. The summed E-state index contributed by atoms with van der Waals surface area (Å²) in [4.78, 5) is 2.29. The fourth-order valence-corrected chi connectivity index (χ4v) is 2.45. The summed E-state index contributed by atoms with van der Waals surface area (Å²) in [7, 11) is 2.13. The van der Waals surface area contributed by atoms with Crippen molar-refractivity contribution in [3.05, 3.63) is 59.2 Å². The second kappa shape index (κ2) is 6.00. The molecule has 0 unspecified atom stereocenters. The number of nitrogens with zero attached hydrogens (tertiary/aromatic N) is 1. The van der Waals surface area contributed by atoms with Gasteiger partial charge < -0.3 is 10.6 Å². The van der Waals surface area contributed by atoms with Gasteiger partial charge in [-0.2, -0.15) is 0 Å². The van der Waals surface area contributed by atoms with Gasteiger partial charge in [0.25, 0.3) is 0 Å². The molecule has 0 aliphatic rings. The number of hydrogen-bond acceptors (Lipinski definition) is 2. The molecule has 2 aromatic rings. The minimum Gasteiger partial charge on any atom is -0.399 e. The predicted molar refractivity (Wildman–Crippen MR) is 88.2 cm³/mol. The maximum atomic E-state index is 5.85. The molecule has 2 aromatic carbocycles. The zero-order valence-corrected chi connectivity index (χ0v) is 12.9. The lowest BCUT2D eigenvalue weighted by Crippen LogP contribution is -2.17. The van der Waals surface area contributed by atoms with E-state index in [0.29, 0.717) is 5.92 Å². The minimum absolute atomic E-state index is 0.551. The van der Waals surface area contributed by atoms with Crippen LogP contribution in [0.3, 0.4) is 0 Å². The van der Waals surface area contributed by atoms with Crippen molar-refractivity contribution in [1.29, 1.82) is 0 Å². The maximum absolute atomic E-state index is 5.85. The summed E-state index contributed by atoms with van der Waals surface area (Å²) >= 11 is 0. The van der Waals surface area contributed by atoms with Gasteiger partial charge in [0, 0.05) is 25.0 Å². The molecule has 0 aromatic heterocycles. The van der Waals surface area contributed by atoms with Gasteiger partial charge in [0.1, 0.15) is 0 Å². The van der Waals surface area contributed by atoms with Crippen LogP contribution in [0.4, 0.5) is 11.4 Å². The van der Waals surface area contributed by atoms with Crippen molar-refractivity contribution in [3.8, 4) is 0 Å². The largest absolute Gasteiger partial charge is 0.399 e. The van der Waals surface area contributed by atoms with Crippen LogP contribution in [-0.2, 0) is 6.54 Å². The summed E-state index contributed by atoms with van der Waals surface area (Å²) in [6.45, 7) is 7.49. The van der Waals surface area contributed by atoms with Crippen molar-refractivity contribution in [3.63, 3.8) is 0 Å². The Hall–Kier alpha value is -1.96. The van der Waals surface area contributed by atoms with Gasteiger partial charge in [-0.05, 0) is 47.7 Å². The van der Waals surface area contributed by atoms with Crippen LogP contribution in [0.1, 0.15) is 36.5 Å². The van der Waals surface area contributed by atoms with E-state index in [1.165, 1.54) is 22.4 Å². The third-order valence-corrected chi connectivity index (χ3v) is 3.68. The first kappa shape index (κ1) is 14.4. The molecular formula is C18H24N2. The molecule has 0 aliphatic carbocycles. The van der Waals surface area contributed by atoms with E-state index in [9.17, 15) is 0 Å². The monoisotopic (exact) mass is 268 g/mol. The fourth-order valence-electron chi connectivity index (χ4n) is 2.45. The molecule has 2 heteroatoms. The summed E-state index contributed by atoms with van der Waals surface area (Å²) in [6, 6.07) is 14.8. The molecule has 0 saturated carbocycles. The first-order valence-electron chi connectivity index (χ1n) is 7.13. The van der Waals surface area contributed by atoms with Crippen molar-refractivity contribution < 1.29 is 0 Å². The van der Waals surface area contributed by atoms with Crippen LogP contribution < -0.4 is 10.6 Å². The van der Waals surface area contributed by atoms with E-state index < -0.39 is 0 Å². The maximum Gasteiger partial charge on any atom is 0.0427 e. The zero-order valence-electron chi connectivity index (χ0n) is 12.9. The third-order valence-electron chi connectivity index (χ3n) is 3.68. The molecular weight excluding hydrogens is 244 g/mol. The highest BCUT2D eigenvalue weighted by Gasteiger charge is 2.08. The standard InChI is InChI=1S/C18H24N2/c1-13(2)16-9-8-14(3)18(11-16)20(4)12-15-6-5-7-17(19)10-15/h5-11,13H,12,19H2,1-4H3. The van der Waals surface area contributed by atoms with E-state index in [2.05, 4.69) is 57.0 Å². The molecule has 0 radical (unpaired) electrons. The second-order valence-electron chi connectivity index (χ2n) is 5.80. The lowest BCUT2D eigenvalue weighted by Gasteiger charge is -2.23. The van der Waals surface area contributed by atoms with Gasteiger partial charge in [0.2, 0.25) is 0 Å². The Bertz CT molecular complexity index is 588. The van der Waals surface area contributed by atoms with Gasteiger partial charge in [-0.15, -0.1) is 0 Å². The Morgan fingerprint density at radius 2 is 1.85 bits per heavy atom. The minimum atomic E-state index is 0.551. The summed E-state index contributed by atoms with van der Waals surface area (Å²) in [5.41, 5.74) is 11.9. The SMILES string of the molecule is Cc1ccc(C(C)C)cc1N(C)Cc1cccc(N)c1. The van der Waals surface area contributed by atoms with Gasteiger partial charge >= 0.3 is 0 Å². The highest BCUT2D eigenvalue weighted by molar-refractivity contribution is 5.55. The van der Waals surface area contributed by atoms with Gasteiger partial charge in [-0.25, -0.2) is 0 Å².